The maximum Gasteiger partial charge on any atom is 0.310 e. The van der Waals surface area contributed by atoms with Crippen LogP contribution in [0.4, 0.5) is 0 Å². The van der Waals surface area contributed by atoms with Crippen LogP contribution >= 0.6 is 0 Å². The third-order valence-corrected chi connectivity index (χ3v) is 4.57. The molecule has 0 bridgehead atoms. The molecule has 1 saturated heterocycles. The summed E-state index contributed by atoms with van der Waals surface area (Å²) < 4.78 is 4.90. The van der Waals surface area contributed by atoms with Gasteiger partial charge >= 0.3 is 5.97 Å². The van der Waals surface area contributed by atoms with Crippen molar-refractivity contribution in [1.29, 1.82) is 0 Å². The van der Waals surface area contributed by atoms with E-state index >= 15 is 0 Å². The summed E-state index contributed by atoms with van der Waals surface area (Å²) in [6, 6.07) is 9.45. The van der Waals surface area contributed by atoms with Crippen molar-refractivity contribution in [2.45, 2.75) is 32.2 Å². The van der Waals surface area contributed by atoms with Gasteiger partial charge in [0, 0.05) is 19.0 Å². The van der Waals surface area contributed by atoms with Crippen molar-refractivity contribution >= 4 is 11.9 Å². The zero-order valence-electron chi connectivity index (χ0n) is 14.1. The smallest absolute Gasteiger partial charge is 0.310 e. The number of methoxy groups -OCH3 is 1. The predicted molar refractivity (Wildman–Crippen MR) is 88.7 cm³/mol. The Bertz CT molecular complexity index is 544. The molecule has 0 radical (unpaired) electrons. The number of amides is 1. The third kappa shape index (κ3) is 4.10. The molecule has 1 fully saturated rings. The lowest BCUT2D eigenvalue weighted by Crippen LogP contribution is -2.52. The Morgan fingerprint density at radius 2 is 1.87 bits per heavy atom. The third-order valence-electron chi connectivity index (χ3n) is 4.57. The highest BCUT2D eigenvalue weighted by Gasteiger charge is 2.36. The summed E-state index contributed by atoms with van der Waals surface area (Å²) in [5, 5.41) is 0. The number of hydrogen-bond donors (Lipinski definition) is 1. The molecule has 0 spiro atoms. The van der Waals surface area contributed by atoms with E-state index in [1.807, 2.05) is 44.2 Å². The van der Waals surface area contributed by atoms with Gasteiger partial charge in [-0.3, -0.25) is 9.59 Å². The minimum atomic E-state index is -0.539. The molecule has 0 aliphatic carbocycles. The van der Waals surface area contributed by atoms with Crippen molar-refractivity contribution in [2.75, 3.05) is 20.2 Å². The standard InChI is InChI=1S/C18H26N2O3/c1-12(2)16(19)17(21)20-10-14(13-7-5-4-6-8-13)9-15(11-20)18(22)23-3/h4-8,12,14-16H,9-11,19H2,1-3H3/t14?,15?,16-/m0/s1. The number of rotatable bonds is 4. The predicted octanol–water partition coefficient (Wildman–Crippen LogP) is 1.77. The van der Waals surface area contributed by atoms with E-state index in [9.17, 15) is 9.59 Å². The summed E-state index contributed by atoms with van der Waals surface area (Å²) in [4.78, 5) is 26.4. The van der Waals surface area contributed by atoms with Gasteiger partial charge in [-0.25, -0.2) is 0 Å². The average molecular weight is 318 g/mol. The normalized spacial score (nSPS) is 22.7. The molecule has 5 nitrogen and oxygen atoms in total. The molecule has 1 aromatic rings. The van der Waals surface area contributed by atoms with Gasteiger partial charge in [-0.15, -0.1) is 0 Å². The van der Waals surface area contributed by atoms with Crippen LogP contribution in [0.15, 0.2) is 30.3 Å². The molecule has 3 atom stereocenters. The molecule has 1 aliphatic heterocycles. The van der Waals surface area contributed by atoms with Crippen molar-refractivity contribution in [3.63, 3.8) is 0 Å². The van der Waals surface area contributed by atoms with E-state index in [0.717, 1.165) is 5.56 Å². The molecule has 1 aromatic carbocycles. The summed E-state index contributed by atoms with van der Waals surface area (Å²) in [6.45, 7) is 4.84. The molecule has 2 unspecified atom stereocenters. The summed E-state index contributed by atoms with van der Waals surface area (Å²) in [7, 11) is 1.39. The Labute approximate surface area is 137 Å². The van der Waals surface area contributed by atoms with Crippen LogP contribution < -0.4 is 5.73 Å². The SMILES string of the molecule is COC(=O)C1CC(c2ccccc2)CN(C(=O)[C@@H](N)C(C)C)C1. The molecule has 0 saturated carbocycles. The van der Waals surface area contributed by atoms with Crippen LogP contribution in [-0.2, 0) is 14.3 Å². The summed E-state index contributed by atoms with van der Waals surface area (Å²) in [5.41, 5.74) is 7.16. The van der Waals surface area contributed by atoms with Crippen molar-refractivity contribution in [2.24, 2.45) is 17.6 Å². The lowest BCUT2D eigenvalue weighted by atomic mass is 9.84. The van der Waals surface area contributed by atoms with Gasteiger partial charge in [0.1, 0.15) is 0 Å². The molecule has 1 aliphatic rings. The number of esters is 1. The van der Waals surface area contributed by atoms with Crippen molar-refractivity contribution in [3.8, 4) is 0 Å². The molecule has 2 rings (SSSR count). The molecular formula is C18H26N2O3. The van der Waals surface area contributed by atoms with Crippen LogP contribution in [-0.4, -0.2) is 43.0 Å². The van der Waals surface area contributed by atoms with Gasteiger partial charge in [0.2, 0.25) is 5.91 Å². The fourth-order valence-electron chi connectivity index (χ4n) is 3.08. The average Bonchev–Trinajstić information content (AvgIpc) is 2.59. The minimum Gasteiger partial charge on any atom is -0.469 e. The highest BCUT2D eigenvalue weighted by atomic mass is 16.5. The number of nitrogens with zero attached hydrogens (tertiary/aromatic N) is 1. The van der Waals surface area contributed by atoms with Crippen LogP contribution in [0.5, 0.6) is 0 Å². The number of carbonyl (C=O) groups excluding carboxylic acids is 2. The Balaban J connectivity index is 2.22. The fourth-order valence-corrected chi connectivity index (χ4v) is 3.08. The van der Waals surface area contributed by atoms with E-state index in [1.165, 1.54) is 7.11 Å². The number of carbonyl (C=O) groups is 2. The van der Waals surface area contributed by atoms with Gasteiger partial charge in [-0.1, -0.05) is 44.2 Å². The molecule has 1 amide bonds. The number of likely N-dealkylation sites (tertiary alicyclic amines) is 1. The molecule has 23 heavy (non-hydrogen) atoms. The van der Waals surface area contributed by atoms with E-state index in [1.54, 1.807) is 4.90 Å². The zero-order valence-corrected chi connectivity index (χ0v) is 14.1. The van der Waals surface area contributed by atoms with E-state index < -0.39 is 6.04 Å². The van der Waals surface area contributed by atoms with Crippen LogP contribution in [0.1, 0.15) is 31.7 Å². The fraction of sp³-hybridized carbons (Fsp3) is 0.556. The van der Waals surface area contributed by atoms with Crippen LogP contribution in [0.2, 0.25) is 0 Å². The lowest BCUT2D eigenvalue weighted by molar-refractivity contribution is -0.149. The topological polar surface area (TPSA) is 72.6 Å². The highest BCUT2D eigenvalue weighted by molar-refractivity contribution is 5.83. The van der Waals surface area contributed by atoms with Gasteiger partial charge < -0.3 is 15.4 Å². The molecule has 0 aromatic heterocycles. The first kappa shape index (κ1) is 17.5. The Hall–Kier alpha value is -1.88. The van der Waals surface area contributed by atoms with Gasteiger partial charge in [0.25, 0.3) is 0 Å². The van der Waals surface area contributed by atoms with Crippen molar-refractivity contribution in [1.82, 2.24) is 4.90 Å². The number of hydrogen-bond acceptors (Lipinski definition) is 4. The monoisotopic (exact) mass is 318 g/mol. The zero-order chi connectivity index (χ0) is 17.0. The first-order valence-corrected chi connectivity index (χ1v) is 8.11. The number of ether oxygens (including phenoxy) is 1. The molecule has 2 N–H and O–H groups in total. The van der Waals surface area contributed by atoms with Gasteiger partial charge in [0.05, 0.1) is 19.1 Å². The second-order valence-electron chi connectivity index (χ2n) is 6.58. The van der Waals surface area contributed by atoms with Gasteiger partial charge in [0.15, 0.2) is 0 Å². The molecule has 126 valence electrons. The number of benzene rings is 1. The summed E-state index contributed by atoms with van der Waals surface area (Å²) in [6.07, 6.45) is 0.692. The van der Waals surface area contributed by atoms with Gasteiger partial charge in [-0.2, -0.15) is 0 Å². The lowest BCUT2D eigenvalue weighted by Gasteiger charge is -2.38. The summed E-state index contributed by atoms with van der Waals surface area (Å²) in [5.74, 6) is -0.466. The Morgan fingerprint density at radius 1 is 1.22 bits per heavy atom. The maximum atomic E-state index is 12.6. The number of piperidine rings is 1. The van der Waals surface area contributed by atoms with Crippen molar-refractivity contribution < 1.29 is 14.3 Å². The van der Waals surface area contributed by atoms with E-state index in [-0.39, 0.29) is 29.6 Å². The summed E-state index contributed by atoms with van der Waals surface area (Å²) >= 11 is 0. The Morgan fingerprint density at radius 3 is 2.43 bits per heavy atom. The molecule has 5 heteroatoms. The first-order chi connectivity index (χ1) is 10.9. The maximum absolute atomic E-state index is 12.6. The molecular weight excluding hydrogens is 292 g/mol. The minimum absolute atomic E-state index is 0.0659. The first-order valence-electron chi connectivity index (χ1n) is 8.11. The second kappa shape index (κ2) is 7.59. The van der Waals surface area contributed by atoms with Crippen LogP contribution in [0, 0.1) is 11.8 Å². The van der Waals surface area contributed by atoms with Crippen LogP contribution in [0.3, 0.4) is 0 Å². The molecule has 1 heterocycles. The van der Waals surface area contributed by atoms with Crippen molar-refractivity contribution in [3.05, 3.63) is 35.9 Å². The second-order valence-corrected chi connectivity index (χ2v) is 6.58. The van der Waals surface area contributed by atoms with E-state index in [4.69, 9.17) is 10.5 Å². The quantitative estimate of drug-likeness (QED) is 0.859. The van der Waals surface area contributed by atoms with E-state index in [2.05, 4.69) is 0 Å². The van der Waals surface area contributed by atoms with Crippen LogP contribution in [0.25, 0.3) is 0 Å². The highest BCUT2D eigenvalue weighted by Crippen LogP contribution is 2.31. The largest absolute Gasteiger partial charge is 0.469 e. The Kier molecular flexibility index (Phi) is 5.77. The van der Waals surface area contributed by atoms with E-state index in [0.29, 0.717) is 19.5 Å². The number of nitrogens with two attached hydrogens (primary N) is 1. The van der Waals surface area contributed by atoms with Gasteiger partial charge in [-0.05, 0) is 17.9 Å².